The van der Waals surface area contributed by atoms with Gasteiger partial charge in [0.2, 0.25) is 5.91 Å². The zero-order valence-corrected chi connectivity index (χ0v) is 18.9. The van der Waals surface area contributed by atoms with E-state index in [1.807, 2.05) is 38.1 Å². The number of aromatic nitrogens is 2. The summed E-state index contributed by atoms with van der Waals surface area (Å²) < 4.78 is 7.51. The zero-order chi connectivity index (χ0) is 21.0. The first-order chi connectivity index (χ1) is 13.9. The Bertz CT molecular complexity index is 1110. The van der Waals surface area contributed by atoms with Gasteiger partial charge >= 0.3 is 0 Å². The number of nitrogens with one attached hydrogen (secondary N) is 1. The molecule has 1 N–H and O–H groups in total. The smallest absolute Gasteiger partial charge is 0.262 e. The van der Waals surface area contributed by atoms with E-state index in [1.165, 1.54) is 17.3 Å². The maximum atomic E-state index is 12.9. The van der Waals surface area contributed by atoms with Crippen molar-refractivity contribution in [3.8, 4) is 0 Å². The van der Waals surface area contributed by atoms with Crippen LogP contribution in [0.25, 0.3) is 10.9 Å². The van der Waals surface area contributed by atoms with Crippen LogP contribution in [-0.2, 0) is 16.1 Å². The molecule has 0 spiro atoms. The number of anilines is 1. The van der Waals surface area contributed by atoms with Crippen LogP contribution in [0.2, 0.25) is 0 Å². The molecule has 29 heavy (non-hydrogen) atoms. The van der Waals surface area contributed by atoms with Gasteiger partial charge in [0.25, 0.3) is 5.56 Å². The van der Waals surface area contributed by atoms with Gasteiger partial charge in [-0.3, -0.25) is 14.2 Å². The minimum absolute atomic E-state index is 0.147. The molecule has 0 aliphatic rings. The number of carbonyl (C=O) groups excluding carboxylic acids is 1. The van der Waals surface area contributed by atoms with Gasteiger partial charge in [0.15, 0.2) is 5.16 Å². The second-order valence-corrected chi connectivity index (χ2v) is 8.50. The number of halogens is 1. The van der Waals surface area contributed by atoms with E-state index in [9.17, 15) is 9.59 Å². The summed E-state index contributed by atoms with van der Waals surface area (Å²) in [5.41, 5.74) is 3.50. The largest absolute Gasteiger partial charge is 0.383 e. The van der Waals surface area contributed by atoms with E-state index in [0.29, 0.717) is 29.2 Å². The normalized spacial score (nSPS) is 11.0. The van der Waals surface area contributed by atoms with Crippen LogP contribution < -0.4 is 10.9 Å². The second-order valence-electron chi connectivity index (χ2n) is 6.64. The Morgan fingerprint density at radius 2 is 2.00 bits per heavy atom. The molecule has 3 aromatic rings. The average molecular weight is 476 g/mol. The summed E-state index contributed by atoms with van der Waals surface area (Å²) in [6, 6.07) is 11.2. The molecule has 8 heteroatoms. The van der Waals surface area contributed by atoms with Crippen molar-refractivity contribution in [1.82, 2.24) is 9.55 Å². The highest BCUT2D eigenvalue weighted by Crippen LogP contribution is 2.21. The van der Waals surface area contributed by atoms with Crippen LogP contribution in [0.15, 0.2) is 50.8 Å². The van der Waals surface area contributed by atoms with Crippen LogP contribution in [0.1, 0.15) is 11.1 Å². The van der Waals surface area contributed by atoms with E-state index >= 15 is 0 Å². The van der Waals surface area contributed by atoms with Crippen molar-refractivity contribution in [2.75, 3.05) is 24.8 Å². The van der Waals surface area contributed by atoms with Crippen molar-refractivity contribution in [2.45, 2.75) is 25.5 Å². The molecule has 0 fully saturated rings. The first-order valence-electron chi connectivity index (χ1n) is 9.08. The van der Waals surface area contributed by atoms with Crippen LogP contribution in [0.5, 0.6) is 0 Å². The molecule has 3 rings (SSSR count). The minimum atomic E-state index is -0.151. The minimum Gasteiger partial charge on any atom is -0.383 e. The third-order valence-corrected chi connectivity index (χ3v) is 5.99. The van der Waals surface area contributed by atoms with Gasteiger partial charge in [-0.2, -0.15) is 0 Å². The van der Waals surface area contributed by atoms with Crippen LogP contribution in [-0.4, -0.2) is 34.9 Å². The third kappa shape index (κ3) is 5.26. The number of aryl methyl sites for hydroxylation is 2. The highest BCUT2D eigenvalue weighted by Gasteiger charge is 2.14. The summed E-state index contributed by atoms with van der Waals surface area (Å²) in [5.74, 6) is -0.00400. The van der Waals surface area contributed by atoms with Gasteiger partial charge in [-0.05, 0) is 55.3 Å². The molecule has 1 amide bonds. The van der Waals surface area contributed by atoms with E-state index < -0.39 is 0 Å². The second kappa shape index (κ2) is 9.56. The van der Waals surface area contributed by atoms with Crippen molar-refractivity contribution >= 4 is 50.2 Å². The fourth-order valence-electron chi connectivity index (χ4n) is 2.81. The summed E-state index contributed by atoms with van der Waals surface area (Å²) in [7, 11) is 1.58. The number of carbonyl (C=O) groups is 1. The van der Waals surface area contributed by atoms with Crippen molar-refractivity contribution in [3.05, 3.63) is 62.4 Å². The number of rotatable bonds is 7. The number of amides is 1. The lowest BCUT2D eigenvalue weighted by atomic mass is 10.1. The standard InChI is InChI=1S/C21H22BrN3O3S/c1-13-4-6-16(10-14(13)2)23-19(26)12-29-21-24-18-7-5-15(22)11-17(18)20(27)25(21)8-9-28-3/h4-7,10-11H,8-9,12H2,1-3H3,(H,23,26). The lowest BCUT2D eigenvalue weighted by Crippen LogP contribution is -2.26. The van der Waals surface area contributed by atoms with E-state index in [-0.39, 0.29) is 17.2 Å². The molecule has 0 saturated carbocycles. The molecule has 0 saturated heterocycles. The number of thioether (sulfide) groups is 1. The molecular formula is C21H22BrN3O3S. The summed E-state index contributed by atoms with van der Waals surface area (Å²) in [6.07, 6.45) is 0. The van der Waals surface area contributed by atoms with Crippen LogP contribution in [0.4, 0.5) is 5.69 Å². The summed E-state index contributed by atoms with van der Waals surface area (Å²) in [6.45, 7) is 4.78. The van der Waals surface area contributed by atoms with E-state index in [2.05, 4.69) is 26.2 Å². The van der Waals surface area contributed by atoms with Gasteiger partial charge in [-0.25, -0.2) is 4.98 Å². The van der Waals surface area contributed by atoms with Gasteiger partial charge in [0.05, 0.1) is 29.8 Å². The molecule has 1 heterocycles. The monoisotopic (exact) mass is 475 g/mol. The van der Waals surface area contributed by atoms with Gasteiger partial charge in [0.1, 0.15) is 0 Å². The van der Waals surface area contributed by atoms with Gasteiger partial charge in [0, 0.05) is 17.3 Å². The number of fused-ring (bicyclic) bond motifs is 1. The topological polar surface area (TPSA) is 73.2 Å². The lowest BCUT2D eigenvalue weighted by molar-refractivity contribution is -0.113. The Morgan fingerprint density at radius 1 is 1.21 bits per heavy atom. The highest BCUT2D eigenvalue weighted by atomic mass is 79.9. The first kappa shape index (κ1) is 21.5. The summed E-state index contributed by atoms with van der Waals surface area (Å²) in [5, 5.41) is 3.92. The van der Waals surface area contributed by atoms with Gasteiger partial charge in [-0.1, -0.05) is 33.8 Å². The number of hydrogen-bond donors (Lipinski definition) is 1. The molecule has 0 unspecified atom stereocenters. The van der Waals surface area contributed by atoms with E-state index in [4.69, 9.17) is 4.74 Å². The fraction of sp³-hybridized carbons (Fsp3) is 0.286. The van der Waals surface area contributed by atoms with E-state index in [0.717, 1.165) is 15.7 Å². The average Bonchev–Trinajstić information content (AvgIpc) is 2.69. The van der Waals surface area contributed by atoms with Crippen LogP contribution in [0, 0.1) is 13.8 Å². The summed E-state index contributed by atoms with van der Waals surface area (Å²) >= 11 is 4.63. The summed E-state index contributed by atoms with van der Waals surface area (Å²) in [4.78, 5) is 30.0. The van der Waals surface area contributed by atoms with Crippen molar-refractivity contribution in [2.24, 2.45) is 0 Å². The predicted molar refractivity (Wildman–Crippen MR) is 121 cm³/mol. The van der Waals surface area contributed by atoms with Gasteiger partial charge < -0.3 is 10.1 Å². The Morgan fingerprint density at radius 3 is 2.72 bits per heavy atom. The molecule has 0 aliphatic heterocycles. The van der Waals surface area contributed by atoms with Crippen molar-refractivity contribution in [3.63, 3.8) is 0 Å². The quantitative estimate of drug-likeness (QED) is 0.410. The fourth-order valence-corrected chi connectivity index (χ4v) is 4.00. The Labute approximate surface area is 181 Å². The molecule has 0 bridgehead atoms. The number of ether oxygens (including phenoxy) is 1. The van der Waals surface area contributed by atoms with Gasteiger partial charge in [-0.15, -0.1) is 0 Å². The highest BCUT2D eigenvalue weighted by molar-refractivity contribution is 9.10. The third-order valence-electron chi connectivity index (χ3n) is 4.52. The zero-order valence-electron chi connectivity index (χ0n) is 16.5. The molecule has 0 radical (unpaired) electrons. The Hall–Kier alpha value is -2.16. The molecule has 6 nitrogen and oxygen atoms in total. The van der Waals surface area contributed by atoms with E-state index in [1.54, 1.807) is 23.8 Å². The molecule has 2 aromatic carbocycles. The maximum absolute atomic E-state index is 12.9. The SMILES string of the molecule is COCCn1c(SCC(=O)Nc2ccc(C)c(C)c2)nc2ccc(Br)cc2c1=O. The van der Waals surface area contributed by atoms with Crippen molar-refractivity contribution < 1.29 is 9.53 Å². The first-order valence-corrected chi connectivity index (χ1v) is 10.9. The molecule has 152 valence electrons. The molecular weight excluding hydrogens is 454 g/mol. The van der Waals surface area contributed by atoms with Crippen molar-refractivity contribution in [1.29, 1.82) is 0 Å². The molecule has 0 aliphatic carbocycles. The Balaban J connectivity index is 1.82. The Kier molecular flexibility index (Phi) is 7.10. The molecule has 0 atom stereocenters. The number of benzene rings is 2. The van der Waals surface area contributed by atoms with Crippen LogP contribution in [0.3, 0.4) is 0 Å². The number of hydrogen-bond acceptors (Lipinski definition) is 5. The number of methoxy groups -OCH3 is 1. The van der Waals surface area contributed by atoms with Crippen LogP contribution >= 0.6 is 27.7 Å². The molecule has 1 aromatic heterocycles. The number of nitrogens with zero attached hydrogens (tertiary/aromatic N) is 2. The lowest BCUT2D eigenvalue weighted by Gasteiger charge is -2.13. The maximum Gasteiger partial charge on any atom is 0.262 e. The predicted octanol–water partition coefficient (Wildman–Crippen LogP) is 4.15.